The second-order valence-corrected chi connectivity index (χ2v) is 16.3. The van der Waals surface area contributed by atoms with E-state index in [0.29, 0.717) is 61.7 Å². The number of likely N-dealkylation sites (tertiary alicyclic amines) is 1. The van der Waals surface area contributed by atoms with Gasteiger partial charge in [0.25, 0.3) is 11.8 Å². The van der Waals surface area contributed by atoms with Crippen LogP contribution in [0.1, 0.15) is 59.2 Å². The summed E-state index contributed by atoms with van der Waals surface area (Å²) >= 11 is 0. The normalized spacial score (nSPS) is 22.5. The molecule has 59 heavy (non-hydrogen) atoms. The predicted molar refractivity (Wildman–Crippen MR) is 219 cm³/mol. The van der Waals surface area contributed by atoms with Gasteiger partial charge in [-0.15, -0.1) is 0 Å². The van der Waals surface area contributed by atoms with E-state index in [-0.39, 0.29) is 42.8 Å². The first-order valence-corrected chi connectivity index (χ1v) is 20.4. The summed E-state index contributed by atoms with van der Waals surface area (Å²) in [5.74, 6) is -0.712. The second-order valence-electron chi connectivity index (χ2n) is 16.3. The molecule has 2 aromatic carbocycles. The first-order valence-electron chi connectivity index (χ1n) is 20.4. The molecule has 4 aliphatic heterocycles. The first-order chi connectivity index (χ1) is 28.7. The Morgan fingerprint density at radius 3 is 2.41 bits per heavy atom. The molecule has 1 atom stereocenters. The molecule has 10 rings (SSSR count). The van der Waals surface area contributed by atoms with Gasteiger partial charge in [0.1, 0.15) is 18.8 Å². The van der Waals surface area contributed by atoms with Crippen LogP contribution >= 0.6 is 0 Å². The number of nitrogens with zero attached hydrogens (tertiary/aromatic N) is 6. The number of imide groups is 1. The van der Waals surface area contributed by atoms with Crippen LogP contribution in [0.4, 0.5) is 5.69 Å². The first kappa shape index (κ1) is 37.2. The van der Waals surface area contributed by atoms with Crippen molar-refractivity contribution in [3.8, 4) is 17.0 Å². The van der Waals surface area contributed by atoms with E-state index in [1.54, 1.807) is 12.1 Å². The van der Waals surface area contributed by atoms with Crippen molar-refractivity contribution in [3.05, 3.63) is 96.6 Å². The number of amides is 4. The molecule has 0 bridgehead atoms. The van der Waals surface area contributed by atoms with Crippen molar-refractivity contribution in [2.24, 2.45) is 7.05 Å². The summed E-state index contributed by atoms with van der Waals surface area (Å²) in [4.78, 5) is 65.8. The number of aryl methyl sites for hydroxylation is 1. The van der Waals surface area contributed by atoms with E-state index in [1.807, 2.05) is 46.6 Å². The van der Waals surface area contributed by atoms with E-state index in [1.165, 1.54) is 5.39 Å². The molecule has 14 heteroatoms. The lowest BCUT2D eigenvalue weighted by Gasteiger charge is -2.41. The number of aromatic nitrogens is 3. The Morgan fingerprint density at radius 2 is 1.63 bits per heavy atom. The van der Waals surface area contributed by atoms with Crippen molar-refractivity contribution >= 4 is 51.1 Å². The molecule has 7 heterocycles. The van der Waals surface area contributed by atoms with Gasteiger partial charge in [-0.1, -0.05) is 18.7 Å². The highest BCUT2D eigenvalue weighted by Gasteiger charge is 2.44. The van der Waals surface area contributed by atoms with Crippen molar-refractivity contribution in [3.63, 3.8) is 0 Å². The Balaban J connectivity index is 0.632. The van der Waals surface area contributed by atoms with Gasteiger partial charge in [-0.05, 0) is 67.6 Å². The number of hydrogen-bond donors (Lipinski definition) is 1. The minimum absolute atomic E-state index is 0.0140. The van der Waals surface area contributed by atoms with Gasteiger partial charge in [0.2, 0.25) is 17.7 Å². The zero-order chi connectivity index (χ0) is 40.4. The average molecular weight is 796 g/mol. The molecule has 302 valence electrons. The number of piperidine rings is 2. The third kappa shape index (κ3) is 6.89. The summed E-state index contributed by atoms with van der Waals surface area (Å²) in [5.41, 5.74) is 6.42. The van der Waals surface area contributed by atoms with Gasteiger partial charge in [0.15, 0.2) is 0 Å². The van der Waals surface area contributed by atoms with E-state index in [4.69, 9.17) is 14.2 Å². The van der Waals surface area contributed by atoms with Gasteiger partial charge < -0.3 is 33.9 Å². The number of pyridine rings is 2. The van der Waals surface area contributed by atoms with Gasteiger partial charge in [0, 0.05) is 104 Å². The largest absolute Gasteiger partial charge is 0.474 e. The summed E-state index contributed by atoms with van der Waals surface area (Å²) in [6.45, 7) is 6.19. The number of hydrogen-bond acceptors (Lipinski definition) is 10. The molecule has 3 aromatic heterocycles. The number of fused-ring (bicyclic) bond motifs is 4. The quantitative estimate of drug-likeness (QED) is 0.192. The highest BCUT2D eigenvalue weighted by Crippen LogP contribution is 2.35. The molecule has 1 unspecified atom stereocenters. The van der Waals surface area contributed by atoms with Gasteiger partial charge in [-0.2, -0.15) is 0 Å². The number of carbonyl (C=O) groups excluding carboxylic acids is 4. The van der Waals surface area contributed by atoms with E-state index in [2.05, 4.69) is 57.7 Å². The van der Waals surface area contributed by atoms with Crippen molar-refractivity contribution in [2.75, 3.05) is 37.7 Å². The maximum Gasteiger partial charge on any atom is 0.262 e. The summed E-state index contributed by atoms with van der Waals surface area (Å²) in [6.07, 6.45) is 9.88. The Hall–Kier alpha value is -6.12. The summed E-state index contributed by atoms with van der Waals surface area (Å²) in [7, 11) is 2.08. The van der Waals surface area contributed by atoms with E-state index in [0.717, 1.165) is 63.8 Å². The van der Waals surface area contributed by atoms with E-state index in [9.17, 15) is 19.2 Å². The molecule has 1 N–H and O–H groups in total. The molecular formula is C45H45N7O7. The molecule has 4 fully saturated rings. The molecule has 5 aliphatic rings. The molecular weight excluding hydrogens is 751 g/mol. The smallest absolute Gasteiger partial charge is 0.262 e. The van der Waals surface area contributed by atoms with Crippen LogP contribution in [0.3, 0.4) is 0 Å². The Morgan fingerprint density at radius 1 is 0.831 bits per heavy atom. The highest BCUT2D eigenvalue weighted by molar-refractivity contribution is 6.23. The van der Waals surface area contributed by atoms with Crippen LogP contribution in [0.25, 0.3) is 32.9 Å². The fraction of sp³-hybridized carbons (Fsp3) is 0.378. The molecule has 3 saturated heterocycles. The number of nitrogens with one attached hydrogen (secondary N) is 1. The molecule has 0 spiro atoms. The lowest BCUT2D eigenvalue weighted by Crippen LogP contribution is -2.53. The molecule has 5 aromatic rings. The van der Waals surface area contributed by atoms with Crippen LogP contribution < -0.4 is 15.0 Å². The minimum atomic E-state index is -0.845. The molecule has 4 amide bonds. The fourth-order valence-electron chi connectivity index (χ4n) is 9.03. The van der Waals surface area contributed by atoms with Crippen LogP contribution in [-0.2, 0) is 26.1 Å². The van der Waals surface area contributed by atoms with Crippen molar-refractivity contribution in [2.45, 2.75) is 69.0 Å². The fourth-order valence-corrected chi connectivity index (χ4v) is 9.03. The predicted octanol–water partition coefficient (Wildman–Crippen LogP) is 5.00. The molecule has 1 saturated carbocycles. The minimum Gasteiger partial charge on any atom is -0.474 e. The lowest BCUT2D eigenvalue weighted by atomic mass is 9.91. The number of anilines is 1. The summed E-state index contributed by atoms with van der Waals surface area (Å²) in [5, 5.41) is 4.99. The molecule has 14 nitrogen and oxygen atoms in total. The number of allylic oxidation sites excluding steroid dienone is 1. The monoisotopic (exact) mass is 795 g/mol. The lowest BCUT2D eigenvalue weighted by molar-refractivity contribution is -0.145. The van der Waals surface area contributed by atoms with Gasteiger partial charge in [-0.3, -0.25) is 29.1 Å². The van der Waals surface area contributed by atoms with E-state index >= 15 is 0 Å². The zero-order valence-electron chi connectivity index (χ0n) is 32.8. The summed E-state index contributed by atoms with van der Waals surface area (Å²) < 4.78 is 20.7. The third-order valence-electron chi connectivity index (χ3n) is 12.6. The maximum atomic E-state index is 13.3. The van der Waals surface area contributed by atoms with Gasteiger partial charge in [0.05, 0.1) is 35.0 Å². The standard InChI is InChI=1S/C45H45N7O7/c1-26-3-9-39(43(54)48-26)52-44(55)35-8-6-29(18-36(35)45(52)56)51-23-33(24-51)57-25-42(53)50-15-12-30(13-16-50)58-31-19-32(20-31)59-41-10-5-28(21-47-41)27-4-7-34-37-22-46-14-11-38(37)49(2)40(34)17-27/h4-8,10-11,14,17-18,21-22,30-33,39H,1,3,9,12-13,15-16,19-20,23-25H2,2H3,(H,48,54). The van der Waals surface area contributed by atoms with Crippen LogP contribution in [-0.4, -0.2) is 111 Å². The summed E-state index contributed by atoms with van der Waals surface area (Å²) in [6, 6.07) is 16.8. The van der Waals surface area contributed by atoms with Crippen LogP contribution in [0.15, 0.2) is 85.5 Å². The van der Waals surface area contributed by atoms with Crippen molar-refractivity contribution < 1.29 is 33.4 Å². The van der Waals surface area contributed by atoms with E-state index < -0.39 is 17.9 Å². The Bertz CT molecular complexity index is 2520. The maximum absolute atomic E-state index is 13.3. The third-order valence-corrected chi connectivity index (χ3v) is 12.6. The van der Waals surface area contributed by atoms with Crippen LogP contribution in [0.5, 0.6) is 5.88 Å². The van der Waals surface area contributed by atoms with Crippen molar-refractivity contribution in [1.29, 1.82) is 0 Å². The number of benzene rings is 2. The number of carbonyl (C=O) groups is 4. The van der Waals surface area contributed by atoms with Crippen molar-refractivity contribution in [1.82, 2.24) is 29.7 Å². The molecule has 0 radical (unpaired) electrons. The molecule has 1 aliphatic carbocycles. The second kappa shape index (κ2) is 14.9. The number of rotatable bonds is 10. The Labute approximate surface area is 340 Å². The SMILES string of the molecule is C=C1CCC(N2C(=O)c3ccc(N4CC(OCC(=O)N5CCC(OC6CC(Oc7ccc(-c8ccc9c%10cnccc%10n(C)c9c8)cn7)C6)CC5)C4)cc3C2=O)C(=O)N1. The van der Waals surface area contributed by atoms with Gasteiger partial charge in [-0.25, -0.2) is 4.98 Å². The average Bonchev–Trinajstić information content (AvgIpc) is 3.64. The van der Waals surface area contributed by atoms with Crippen LogP contribution in [0, 0.1) is 0 Å². The van der Waals surface area contributed by atoms with Gasteiger partial charge >= 0.3 is 0 Å². The zero-order valence-corrected chi connectivity index (χ0v) is 32.8. The van der Waals surface area contributed by atoms with Crippen LogP contribution in [0.2, 0.25) is 0 Å². The number of ether oxygens (including phenoxy) is 3. The Kier molecular flexibility index (Phi) is 9.40. The highest BCUT2D eigenvalue weighted by atomic mass is 16.5. The topological polar surface area (TPSA) is 148 Å².